The lowest BCUT2D eigenvalue weighted by molar-refractivity contribution is 0.163. The van der Waals surface area contributed by atoms with E-state index >= 15 is 0 Å². The van der Waals surface area contributed by atoms with Crippen molar-refractivity contribution in [2.75, 3.05) is 6.54 Å². The van der Waals surface area contributed by atoms with Crippen LogP contribution in [-0.4, -0.2) is 27.6 Å². The van der Waals surface area contributed by atoms with Crippen molar-refractivity contribution in [1.82, 2.24) is 15.0 Å². The van der Waals surface area contributed by atoms with Crippen LogP contribution in [0.5, 0.6) is 0 Å². The molecule has 5 heteroatoms. The monoisotopic (exact) mass is 278 g/mol. The molecule has 1 saturated carbocycles. The van der Waals surface area contributed by atoms with Crippen LogP contribution in [0.1, 0.15) is 64.1 Å². The van der Waals surface area contributed by atoms with E-state index in [1.165, 1.54) is 38.5 Å². The molecular weight excluding hydrogens is 252 g/mol. The number of rotatable bonds is 4. The van der Waals surface area contributed by atoms with Gasteiger partial charge in [-0.15, -0.1) is 0 Å². The smallest absolute Gasteiger partial charge is 0.240 e. The van der Waals surface area contributed by atoms with E-state index in [0.29, 0.717) is 11.7 Å². The third-order valence-electron chi connectivity index (χ3n) is 4.74. The zero-order valence-electron chi connectivity index (χ0n) is 12.6. The maximum atomic E-state index is 6.01. The molecule has 1 aromatic heterocycles. The van der Waals surface area contributed by atoms with Crippen LogP contribution >= 0.6 is 0 Å². The summed E-state index contributed by atoms with van der Waals surface area (Å²) in [5, 5.41) is 4.01. The van der Waals surface area contributed by atoms with E-state index in [1.54, 1.807) is 0 Å². The van der Waals surface area contributed by atoms with Crippen molar-refractivity contribution in [3.05, 3.63) is 11.7 Å². The first-order valence-electron chi connectivity index (χ1n) is 7.90. The number of hydrogen-bond acceptors (Lipinski definition) is 5. The highest BCUT2D eigenvalue weighted by atomic mass is 16.5. The molecular formula is C15H26N4O. The van der Waals surface area contributed by atoms with Gasteiger partial charge in [-0.05, 0) is 52.0 Å². The molecule has 112 valence electrons. The van der Waals surface area contributed by atoms with Gasteiger partial charge >= 0.3 is 0 Å². The van der Waals surface area contributed by atoms with E-state index in [9.17, 15) is 0 Å². The Bertz CT molecular complexity index is 445. The average Bonchev–Trinajstić information content (AvgIpc) is 3.08. The Kier molecular flexibility index (Phi) is 3.82. The number of nitrogens with zero attached hydrogens (tertiary/aromatic N) is 3. The van der Waals surface area contributed by atoms with Crippen LogP contribution in [0.2, 0.25) is 0 Å². The molecule has 1 aromatic rings. The first-order valence-corrected chi connectivity index (χ1v) is 7.90. The minimum Gasteiger partial charge on any atom is -0.338 e. The fourth-order valence-electron chi connectivity index (χ4n) is 3.68. The second-order valence-electron chi connectivity index (χ2n) is 6.96. The van der Waals surface area contributed by atoms with Crippen LogP contribution in [0.3, 0.4) is 0 Å². The maximum Gasteiger partial charge on any atom is 0.240 e. The summed E-state index contributed by atoms with van der Waals surface area (Å²) in [4.78, 5) is 7.00. The van der Waals surface area contributed by atoms with E-state index in [-0.39, 0.29) is 0 Å². The molecule has 0 amide bonds. The predicted octanol–water partition coefficient (Wildman–Crippen LogP) is 2.42. The van der Waals surface area contributed by atoms with E-state index < -0.39 is 5.54 Å². The fraction of sp³-hybridized carbons (Fsp3) is 0.867. The summed E-state index contributed by atoms with van der Waals surface area (Å²) in [5.41, 5.74) is 5.48. The Labute approximate surface area is 120 Å². The Morgan fingerprint density at radius 1 is 1.25 bits per heavy atom. The highest BCUT2D eigenvalue weighted by Gasteiger charge is 2.34. The highest BCUT2D eigenvalue weighted by molar-refractivity contribution is 4.99. The Balaban J connectivity index is 1.65. The molecule has 2 N–H and O–H groups in total. The second-order valence-corrected chi connectivity index (χ2v) is 6.96. The minimum absolute atomic E-state index is 0.530. The van der Waals surface area contributed by atoms with E-state index in [0.717, 1.165) is 25.0 Å². The minimum atomic E-state index is -0.530. The molecule has 20 heavy (non-hydrogen) atoms. The predicted molar refractivity (Wildman–Crippen MR) is 76.9 cm³/mol. The molecule has 0 bridgehead atoms. The summed E-state index contributed by atoms with van der Waals surface area (Å²) in [6.45, 7) is 5.74. The van der Waals surface area contributed by atoms with Crippen molar-refractivity contribution < 1.29 is 4.52 Å². The van der Waals surface area contributed by atoms with Gasteiger partial charge in [0.1, 0.15) is 0 Å². The van der Waals surface area contributed by atoms with Crippen molar-refractivity contribution in [3.63, 3.8) is 0 Å². The van der Waals surface area contributed by atoms with Gasteiger partial charge in [0.05, 0.1) is 12.1 Å². The Hall–Kier alpha value is -0.940. The summed E-state index contributed by atoms with van der Waals surface area (Å²) < 4.78 is 5.38. The molecule has 0 spiro atoms. The van der Waals surface area contributed by atoms with Gasteiger partial charge in [-0.2, -0.15) is 4.98 Å². The van der Waals surface area contributed by atoms with Crippen LogP contribution < -0.4 is 5.73 Å². The van der Waals surface area contributed by atoms with Crippen molar-refractivity contribution in [3.8, 4) is 0 Å². The molecule has 1 unspecified atom stereocenters. The molecule has 0 aromatic carbocycles. The summed E-state index contributed by atoms with van der Waals surface area (Å²) >= 11 is 0. The van der Waals surface area contributed by atoms with Gasteiger partial charge in [-0.1, -0.05) is 18.0 Å². The van der Waals surface area contributed by atoms with Gasteiger partial charge in [0.2, 0.25) is 5.89 Å². The van der Waals surface area contributed by atoms with Gasteiger partial charge in [0, 0.05) is 6.04 Å². The van der Waals surface area contributed by atoms with E-state index in [1.807, 2.05) is 13.8 Å². The molecule has 2 fully saturated rings. The van der Waals surface area contributed by atoms with Crippen molar-refractivity contribution >= 4 is 0 Å². The molecule has 1 aliphatic heterocycles. The van der Waals surface area contributed by atoms with Crippen molar-refractivity contribution in [2.24, 2.45) is 11.7 Å². The van der Waals surface area contributed by atoms with Crippen LogP contribution in [0.15, 0.2) is 4.52 Å². The topological polar surface area (TPSA) is 68.2 Å². The Morgan fingerprint density at radius 2 is 2.00 bits per heavy atom. The van der Waals surface area contributed by atoms with Gasteiger partial charge in [0.25, 0.3) is 0 Å². The number of hydrogen-bond donors (Lipinski definition) is 1. The average molecular weight is 278 g/mol. The van der Waals surface area contributed by atoms with Gasteiger partial charge in [-0.3, -0.25) is 4.90 Å². The number of aromatic nitrogens is 2. The van der Waals surface area contributed by atoms with Crippen LogP contribution in [-0.2, 0) is 12.1 Å². The lowest BCUT2D eigenvalue weighted by Crippen LogP contribution is -2.34. The molecule has 2 heterocycles. The standard InChI is InChI=1S/C15H26N4O/c1-15(2,16)14-17-13(20-18-14)10-19-9-5-8-12(19)11-6-3-4-7-11/h11-12H,3-10,16H2,1-2H3. The molecule has 1 aliphatic carbocycles. The third-order valence-corrected chi connectivity index (χ3v) is 4.74. The molecule has 1 saturated heterocycles. The van der Waals surface area contributed by atoms with Gasteiger partial charge in [-0.25, -0.2) is 0 Å². The summed E-state index contributed by atoms with van der Waals surface area (Å²) in [5.74, 6) is 2.19. The summed E-state index contributed by atoms with van der Waals surface area (Å²) in [6, 6.07) is 0.721. The van der Waals surface area contributed by atoms with Crippen molar-refractivity contribution in [2.45, 2.75) is 70.5 Å². The van der Waals surface area contributed by atoms with Crippen LogP contribution in [0.25, 0.3) is 0 Å². The maximum absolute atomic E-state index is 6.01. The normalized spacial score (nSPS) is 25.6. The fourth-order valence-corrected chi connectivity index (χ4v) is 3.68. The third kappa shape index (κ3) is 2.88. The first kappa shape index (κ1) is 14.0. The van der Waals surface area contributed by atoms with Crippen molar-refractivity contribution in [1.29, 1.82) is 0 Å². The SMILES string of the molecule is CC(C)(N)c1noc(CN2CCCC2C2CCCC2)n1. The van der Waals surface area contributed by atoms with Gasteiger partial charge < -0.3 is 10.3 Å². The molecule has 5 nitrogen and oxygen atoms in total. The van der Waals surface area contributed by atoms with E-state index in [4.69, 9.17) is 10.3 Å². The molecule has 0 radical (unpaired) electrons. The largest absolute Gasteiger partial charge is 0.338 e. The first-order chi connectivity index (χ1) is 9.54. The summed E-state index contributed by atoms with van der Waals surface area (Å²) in [6.07, 6.45) is 8.22. The lowest BCUT2D eigenvalue weighted by atomic mass is 9.96. The molecule has 1 atom stereocenters. The zero-order valence-corrected chi connectivity index (χ0v) is 12.6. The quantitative estimate of drug-likeness (QED) is 0.916. The zero-order chi connectivity index (χ0) is 14.2. The second kappa shape index (κ2) is 5.45. The highest BCUT2D eigenvalue weighted by Crippen LogP contribution is 2.35. The molecule has 2 aliphatic rings. The number of nitrogens with two attached hydrogens (primary N) is 1. The lowest BCUT2D eigenvalue weighted by Gasteiger charge is -2.28. The Morgan fingerprint density at radius 3 is 2.65 bits per heavy atom. The van der Waals surface area contributed by atoms with E-state index in [2.05, 4.69) is 15.0 Å². The number of likely N-dealkylation sites (tertiary alicyclic amines) is 1. The molecule has 3 rings (SSSR count). The summed E-state index contributed by atoms with van der Waals surface area (Å²) in [7, 11) is 0. The van der Waals surface area contributed by atoms with Crippen LogP contribution in [0, 0.1) is 5.92 Å². The van der Waals surface area contributed by atoms with Crippen LogP contribution in [0.4, 0.5) is 0 Å². The van der Waals surface area contributed by atoms with Gasteiger partial charge in [0.15, 0.2) is 5.82 Å².